The van der Waals surface area contributed by atoms with Gasteiger partial charge in [-0.15, -0.1) is 0 Å². The molecular formula is C19H24F3NO3. The smallest absolute Gasteiger partial charge is 0.416 e. The number of benzene rings is 1. The predicted octanol–water partition coefficient (Wildman–Crippen LogP) is 4.56. The summed E-state index contributed by atoms with van der Waals surface area (Å²) in [4.78, 5) is 24.2. The molecule has 1 aromatic carbocycles. The molecule has 1 aromatic rings. The van der Waals surface area contributed by atoms with E-state index in [1.807, 2.05) is 0 Å². The first-order valence-corrected chi connectivity index (χ1v) is 8.18. The highest BCUT2D eigenvalue weighted by atomic mass is 19.4. The molecule has 1 amide bonds. The van der Waals surface area contributed by atoms with Gasteiger partial charge in [-0.25, -0.2) is 4.79 Å². The number of hydrogen-bond donors (Lipinski definition) is 1. The number of nitrogens with one attached hydrogen (secondary N) is 1. The summed E-state index contributed by atoms with van der Waals surface area (Å²) in [6.07, 6.45) is -3.06. The topological polar surface area (TPSA) is 55.4 Å². The first-order valence-electron chi connectivity index (χ1n) is 8.18. The molecule has 144 valence electrons. The number of alkyl halides is 3. The second kappa shape index (κ2) is 8.38. The molecule has 0 saturated heterocycles. The Bertz CT molecular complexity index is 671. The maximum atomic E-state index is 12.6. The van der Waals surface area contributed by atoms with Crippen molar-refractivity contribution in [1.29, 1.82) is 0 Å². The monoisotopic (exact) mass is 371 g/mol. The molecule has 4 nitrogen and oxygen atoms in total. The Labute approximate surface area is 151 Å². The Kier molecular flexibility index (Phi) is 7.00. The van der Waals surface area contributed by atoms with Crippen molar-refractivity contribution in [2.45, 2.75) is 58.9 Å². The zero-order valence-corrected chi connectivity index (χ0v) is 15.5. The van der Waals surface area contributed by atoms with E-state index in [2.05, 4.69) is 5.32 Å². The second-order valence-electron chi connectivity index (χ2n) is 6.90. The number of amides is 1. The van der Waals surface area contributed by atoms with E-state index >= 15 is 0 Å². The van der Waals surface area contributed by atoms with Gasteiger partial charge in [-0.2, -0.15) is 13.2 Å². The minimum Gasteiger partial charge on any atom is -0.457 e. The summed E-state index contributed by atoms with van der Waals surface area (Å²) in [5.41, 5.74) is -0.668. The molecule has 0 heterocycles. The molecule has 0 saturated carbocycles. The summed E-state index contributed by atoms with van der Waals surface area (Å²) in [5.74, 6) is -0.992. The van der Waals surface area contributed by atoms with Gasteiger partial charge in [-0.1, -0.05) is 18.2 Å². The van der Waals surface area contributed by atoms with Crippen molar-refractivity contribution in [3.05, 3.63) is 47.0 Å². The number of carbonyl (C=O) groups is 2. The number of rotatable bonds is 5. The zero-order valence-electron chi connectivity index (χ0n) is 15.5. The van der Waals surface area contributed by atoms with Gasteiger partial charge in [0.15, 0.2) is 0 Å². The van der Waals surface area contributed by atoms with Crippen LogP contribution in [0.4, 0.5) is 13.2 Å². The molecule has 0 fully saturated rings. The fourth-order valence-corrected chi connectivity index (χ4v) is 2.15. The standard InChI is InChI=1S/C19H24F3NO3/c1-6-13(17(25)26-18(3,4)5)11-16(24)23-12(2)14-7-9-15(10-8-14)19(20,21)22/h6-10,12H,11H2,1-5H3,(H,23,24)/b13-6-/t12-/m0/s1. The molecule has 0 bridgehead atoms. The van der Waals surface area contributed by atoms with Crippen molar-refractivity contribution >= 4 is 11.9 Å². The quantitative estimate of drug-likeness (QED) is 0.610. The van der Waals surface area contributed by atoms with Gasteiger partial charge in [0.2, 0.25) is 5.91 Å². The van der Waals surface area contributed by atoms with Crippen molar-refractivity contribution in [2.75, 3.05) is 0 Å². The molecule has 0 unspecified atom stereocenters. The van der Waals surface area contributed by atoms with Crippen LogP contribution >= 0.6 is 0 Å². The van der Waals surface area contributed by atoms with Gasteiger partial charge in [-0.3, -0.25) is 4.79 Å². The summed E-state index contributed by atoms with van der Waals surface area (Å²) in [5, 5.41) is 2.67. The number of esters is 1. The lowest BCUT2D eigenvalue weighted by atomic mass is 10.1. The van der Waals surface area contributed by atoms with Gasteiger partial charge in [0.1, 0.15) is 5.60 Å². The van der Waals surface area contributed by atoms with Crippen LogP contribution in [0.3, 0.4) is 0 Å². The molecule has 0 aliphatic carbocycles. The molecule has 7 heteroatoms. The zero-order chi connectivity index (χ0) is 20.1. The third-order valence-electron chi connectivity index (χ3n) is 3.48. The number of allylic oxidation sites excluding steroid dienone is 1. The SMILES string of the molecule is C/C=C(/CC(=O)N[C@@H](C)c1ccc(C(F)(F)F)cc1)C(=O)OC(C)(C)C. The predicted molar refractivity (Wildman–Crippen MR) is 92.2 cm³/mol. The van der Waals surface area contributed by atoms with Crippen molar-refractivity contribution in [3.63, 3.8) is 0 Å². The van der Waals surface area contributed by atoms with Gasteiger partial charge < -0.3 is 10.1 Å². The lowest BCUT2D eigenvalue weighted by Crippen LogP contribution is -2.30. The second-order valence-corrected chi connectivity index (χ2v) is 6.90. The first kappa shape index (κ1) is 21.7. The van der Waals surface area contributed by atoms with Crippen LogP contribution in [0.25, 0.3) is 0 Å². The number of hydrogen-bond acceptors (Lipinski definition) is 3. The molecule has 0 aliphatic rings. The molecule has 1 rings (SSSR count). The van der Waals surface area contributed by atoms with Gasteiger partial charge in [0, 0.05) is 5.57 Å². The third-order valence-corrected chi connectivity index (χ3v) is 3.48. The summed E-state index contributed by atoms with van der Waals surface area (Å²) in [6, 6.07) is 4.07. The Morgan fingerprint density at radius 3 is 2.12 bits per heavy atom. The lowest BCUT2D eigenvalue weighted by Gasteiger charge is -2.21. The van der Waals surface area contributed by atoms with Crippen LogP contribution in [-0.2, 0) is 20.5 Å². The van der Waals surface area contributed by atoms with Gasteiger partial charge >= 0.3 is 12.1 Å². The Morgan fingerprint density at radius 1 is 1.15 bits per heavy atom. The largest absolute Gasteiger partial charge is 0.457 e. The molecule has 0 aromatic heterocycles. The molecule has 26 heavy (non-hydrogen) atoms. The number of halogens is 3. The third kappa shape index (κ3) is 6.90. The van der Waals surface area contributed by atoms with Crippen LogP contribution in [0, 0.1) is 0 Å². The highest BCUT2D eigenvalue weighted by Gasteiger charge is 2.30. The van der Waals surface area contributed by atoms with E-state index in [1.165, 1.54) is 18.2 Å². The number of carbonyl (C=O) groups excluding carboxylic acids is 2. The molecule has 0 spiro atoms. The Morgan fingerprint density at radius 2 is 1.69 bits per heavy atom. The minimum atomic E-state index is -4.40. The van der Waals surface area contributed by atoms with E-state index in [0.29, 0.717) is 5.56 Å². The fourth-order valence-electron chi connectivity index (χ4n) is 2.15. The summed E-state index contributed by atoms with van der Waals surface area (Å²) >= 11 is 0. The van der Waals surface area contributed by atoms with Crippen LogP contribution in [0.5, 0.6) is 0 Å². The molecule has 0 radical (unpaired) electrons. The highest BCUT2D eigenvalue weighted by Crippen LogP contribution is 2.29. The average Bonchev–Trinajstić information content (AvgIpc) is 2.50. The molecule has 1 N–H and O–H groups in total. The maximum Gasteiger partial charge on any atom is 0.416 e. The summed E-state index contributed by atoms with van der Waals surface area (Å²) in [6.45, 7) is 8.47. The highest BCUT2D eigenvalue weighted by molar-refractivity contribution is 5.95. The normalized spacial score (nSPS) is 13.9. The molecule has 1 atom stereocenters. The van der Waals surface area contributed by atoms with E-state index in [9.17, 15) is 22.8 Å². The maximum absolute atomic E-state index is 12.6. The number of ether oxygens (including phenoxy) is 1. The first-order chi connectivity index (χ1) is 11.8. The van der Waals surface area contributed by atoms with Crippen LogP contribution in [-0.4, -0.2) is 17.5 Å². The van der Waals surface area contributed by atoms with Crippen molar-refractivity contribution in [1.82, 2.24) is 5.32 Å². The van der Waals surface area contributed by atoms with Crippen LogP contribution in [0.15, 0.2) is 35.9 Å². The van der Waals surface area contributed by atoms with Crippen molar-refractivity contribution < 1.29 is 27.5 Å². The van der Waals surface area contributed by atoms with E-state index in [0.717, 1.165) is 12.1 Å². The van der Waals surface area contributed by atoms with Gasteiger partial charge in [0.25, 0.3) is 0 Å². The summed E-state index contributed by atoms with van der Waals surface area (Å²) in [7, 11) is 0. The van der Waals surface area contributed by atoms with Gasteiger partial charge in [-0.05, 0) is 52.3 Å². The minimum absolute atomic E-state index is 0.170. The van der Waals surface area contributed by atoms with E-state index in [4.69, 9.17) is 4.74 Å². The van der Waals surface area contributed by atoms with Crippen molar-refractivity contribution in [3.8, 4) is 0 Å². The average molecular weight is 371 g/mol. The van der Waals surface area contributed by atoms with Gasteiger partial charge in [0.05, 0.1) is 18.0 Å². The Balaban J connectivity index is 2.70. The summed E-state index contributed by atoms with van der Waals surface area (Å²) < 4.78 is 43.0. The van der Waals surface area contributed by atoms with E-state index < -0.39 is 35.3 Å². The van der Waals surface area contributed by atoms with Crippen LogP contribution in [0.2, 0.25) is 0 Å². The Hall–Kier alpha value is -2.31. The van der Waals surface area contributed by atoms with Crippen molar-refractivity contribution in [2.24, 2.45) is 0 Å². The van der Waals surface area contributed by atoms with Crippen LogP contribution in [0.1, 0.15) is 58.2 Å². The van der Waals surface area contributed by atoms with Crippen LogP contribution < -0.4 is 5.32 Å². The molecule has 0 aliphatic heterocycles. The fraction of sp³-hybridized carbons (Fsp3) is 0.474. The van der Waals surface area contributed by atoms with E-state index in [-0.39, 0.29) is 12.0 Å². The molecular weight excluding hydrogens is 347 g/mol. The van der Waals surface area contributed by atoms with E-state index in [1.54, 1.807) is 34.6 Å². The lowest BCUT2D eigenvalue weighted by molar-refractivity contribution is -0.150.